The second kappa shape index (κ2) is 9.29. The number of rotatable bonds is 9. The van der Waals surface area contributed by atoms with Crippen molar-refractivity contribution in [2.75, 3.05) is 13.2 Å². The lowest BCUT2D eigenvalue weighted by molar-refractivity contribution is 0.0946. The number of hydrogen-bond donors (Lipinski definition) is 1. The molecule has 4 heteroatoms. The van der Waals surface area contributed by atoms with Crippen LogP contribution in [0.4, 0.5) is 0 Å². The van der Waals surface area contributed by atoms with Gasteiger partial charge in [-0.2, -0.15) is 0 Å². The van der Waals surface area contributed by atoms with Gasteiger partial charge in [0.05, 0.1) is 12.3 Å². The van der Waals surface area contributed by atoms with E-state index >= 15 is 0 Å². The van der Waals surface area contributed by atoms with Gasteiger partial charge in [-0.05, 0) is 43.0 Å². The monoisotopic (exact) mass is 290 g/mol. The van der Waals surface area contributed by atoms with Crippen molar-refractivity contribution in [3.63, 3.8) is 0 Å². The molecule has 1 unspecified atom stereocenters. The molecule has 21 heavy (non-hydrogen) atoms. The van der Waals surface area contributed by atoms with Gasteiger partial charge >= 0.3 is 0 Å². The van der Waals surface area contributed by atoms with Gasteiger partial charge in [0.1, 0.15) is 5.69 Å². The van der Waals surface area contributed by atoms with Crippen LogP contribution < -0.4 is 5.32 Å². The lowest BCUT2D eigenvalue weighted by atomic mass is 10.1. The van der Waals surface area contributed by atoms with Gasteiger partial charge < -0.3 is 10.1 Å². The Hall–Kier alpha value is -1.68. The highest BCUT2D eigenvalue weighted by molar-refractivity contribution is 5.92. The molecular weight excluding hydrogens is 264 g/mol. The van der Waals surface area contributed by atoms with Crippen LogP contribution in [0.15, 0.2) is 18.7 Å². The SMILES string of the molecule is C=Cc1cc(COCC)cc(C(=O)NCCC(C)CC)n1. The largest absolute Gasteiger partial charge is 0.377 e. The molecular formula is C17H26N2O2. The van der Waals surface area contributed by atoms with E-state index in [1.807, 2.05) is 13.0 Å². The van der Waals surface area contributed by atoms with E-state index in [0.717, 1.165) is 18.4 Å². The van der Waals surface area contributed by atoms with Gasteiger partial charge in [0.2, 0.25) is 0 Å². The zero-order valence-corrected chi connectivity index (χ0v) is 13.3. The first-order valence-electron chi connectivity index (χ1n) is 7.60. The lowest BCUT2D eigenvalue weighted by Crippen LogP contribution is -2.26. The average Bonchev–Trinajstić information content (AvgIpc) is 2.52. The molecule has 4 nitrogen and oxygen atoms in total. The first-order chi connectivity index (χ1) is 10.1. The average molecular weight is 290 g/mol. The molecule has 1 heterocycles. The second-order valence-corrected chi connectivity index (χ2v) is 5.18. The summed E-state index contributed by atoms with van der Waals surface area (Å²) in [4.78, 5) is 16.5. The van der Waals surface area contributed by atoms with Crippen molar-refractivity contribution < 1.29 is 9.53 Å². The summed E-state index contributed by atoms with van der Waals surface area (Å²) in [5, 5.41) is 2.92. The Morgan fingerprint density at radius 3 is 2.86 bits per heavy atom. The molecule has 1 aromatic heterocycles. The van der Waals surface area contributed by atoms with Crippen LogP contribution >= 0.6 is 0 Å². The summed E-state index contributed by atoms with van der Waals surface area (Å²) in [6.07, 6.45) is 3.75. The van der Waals surface area contributed by atoms with Gasteiger partial charge in [-0.3, -0.25) is 4.79 Å². The van der Waals surface area contributed by atoms with Crippen LogP contribution in [-0.2, 0) is 11.3 Å². The number of nitrogens with zero attached hydrogens (tertiary/aromatic N) is 1. The smallest absolute Gasteiger partial charge is 0.269 e. The molecule has 0 saturated heterocycles. The lowest BCUT2D eigenvalue weighted by Gasteiger charge is -2.10. The predicted octanol–water partition coefficient (Wildman–Crippen LogP) is 3.43. The first kappa shape index (κ1) is 17.4. The van der Waals surface area contributed by atoms with Crippen LogP contribution in [0.3, 0.4) is 0 Å². The highest BCUT2D eigenvalue weighted by Crippen LogP contribution is 2.10. The summed E-state index contributed by atoms with van der Waals surface area (Å²) in [5.41, 5.74) is 2.05. The number of carbonyl (C=O) groups excluding carboxylic acids is 1. The van der Waals surface area contributed by atoms with Crippen LogP contribution in [0.2, 0.25) is 0 Å². The number of amides is 1. The number of nitrogens with one attached hydrogen (secondary N) is 1. The van der Waals surface area contributed by atoms with Gasteiger partial charge in [-0.15, -0.1) is 0 Å². The molecule has 0 aliphatic carbocycles. The molecule has 1 N–H and O–H groups in total. The molecule has 0 fully saturated rings. The molecule has 0 bridgehead atoms. The van der Waals surface area contributed by atoms with E-state index in [-0.39, 0.29) is 5.91 Å². The molecule has 1 aromatic rings. The van der Waals surface area contributed by atoms with Gasteiger partial charge in [-0.1, -0.05) is 26.8 Å². The fourth-order valence-corrected chi connectivity index (χ4v) is 1.86. The maximum Gasteiger partial charge on any atom is 0.269 e. The fourth-order valence-electron chi connectivity index (χ4n) is 1.86. The molecule has 0 aliphatic heterocycles. The van der Waals surface area contributed by atoms with E-state index in [1.165, 1.54) is 0 Å². The van der Waals surface area contributed by atoms with Crippen molar-refractivity contribution >= 4 is 12.0 Å². The second-order valence-electron chi connectivity index (χ2n) is 5.18. The van der Waals surface area contributed by atoms with Gasteiger partial charge in [0, 0.05) is 13.2 Å². The Balaban J connectivity index is 2.71. The van der Waals surface area contributed by atoms with Crippen LogP contribution in [0, 0.1) is 5.92 Å². The summed E-state index contributed by atoms with van der Waals surface area (Å²) in [6.45, 7) is 11.8. The Morgan fingerprint density at radius 2 is 2.24 bits per heavy atom. The van der Waals surface area contributed by atoms with Crippen molar-refractivity contribution in [3.8, 4) is 0 Å². The minimum absolute atomic E-state index is 0.139. The normalized spacial score (nSPS) is 12.0. The molecule has 0 saturated carbocycles. The standard InChI is InChI=1S/C17H26N2O2/c1-5-13(4)8-9-18-17(20)16-11-14(12-21-7-3)10-15(6-2)19-16/h6,10-11,13H,2,5,7-9,12H2,1,3-4H3,(H,18,20). The molecule has 1 atom stereocenters. The summed E-state index contributed by atoms with van der Waals surface area (Å²) < 4.78 is 5.39. The van der Waals surface area contributed by atoms with E-state index in [4.69, 9.17) is 4.74 Å². The number of aromatic nitrogens is 1. The Labute approximate surface area is 127 Å². The molecule has 0 aliphatic rings. The van der Waals surface area contributed by atoms with Crippen LogP contribution in [0.1, 0.15) is 55.4 Å². The third kappa shape index (κ3) is 6.08. The third-order valence-corrected chi connectivity index (χ3v) is 3.44. The number of hydrogen-bond acceptors (Lipinski definition) is 3. The van der Waals surface area contributed by atoms with Gasteiger partial charge in [-0.25, -0.2) is 4.98 Å². The molecule has 116 valence electrons. The third-order valence-electron chi connectivity index (χ3n) is 3.44. The van der Waals surface area contributed by atoms with Gasteiger partial charge in [0.15, 0.2) is 0 Å². The zero-order valence-electron chi connectivity index (χ0n) is 13.3. The predicted molar refractivity (Wildman–Crippen MR) is 86.1 cm³/mol. The van der Waals surface area contributed by atoms with Crippen molar-refractivity contribution in [2.45, 2.75) is 40.2 Å². The highest BCUT2D eigenvalue weighted by Gasteiger charge is 2.10. The highest BCUT2D eigenvalue weighted by atomic mass is 16.5. The minimum Gasteiger partial charge on any atom is -0.377 e. The number of pyridine rings is 1. The van der Waals surface area contributed by atoms with E-state index in [1.54, 1.807) is 12.1 Å². The Bertz CT molecular complexity index is 472. The van der Waals surface area contributed by atoms with Crippen molar-refractivity contribution in [1.29, 1.82) is 0 Å². The fraction of sp³-hybridized carbons (Fsp3) is 0.529. The molecule has 0 spiro atoms. The summed E-state index contributed by atoms with van der Waals surface area (Å²) in [6, 6.07) is 3.67. The summed E-state index contributed by atoms with van der Waals surface area (Å²) in [7, 11) is 0. The van der Waals surface area contributed by atoms with Gasteiger partial charge in [0.25, 0.3) is 5.91 Å². The van der Waals surface area contributed by atoms with E-state index in [9.17, 15) is 4.79 Å². The first-order valence-corrected chi connectivity index (χ1v) is 7.60. The van der Waals surface area contributed by atoms with E-state index in [0.29, 0.717) is 37.1 Å². The van der Waals surface area contributed by atoms with Crippen LogP contribution in [-0.4, -0.2) is 24.0 Å². The van der Waals surface area contributed by atoms with E-state index in [2.05, 4.69) is 30.7 Å². The molecule has 1 rings (SSSR count). The summed E-state index contributed by atoms with van der Waals surface area (Å²) >= 11 is 0. The molecule has 1 amide bonds. The van der Waals surface area contributed by atoms with Crippen molar-refractivity contribution in [2.24, 2.45) is 5.92 Å². The summed E-state index contributed by atoms with van der Waals surface area (Å²) in [5.74, 6) is 0.478. The van der Waals surface area contributed by atoms with Crippen molar-refractivity contribution in [1.82, 2.24) is 10.3 Å². The van der Waals surface area contributed by atoms with E-state index < -0.39 is 0 Å². The Kier molecular flexibility index (Phi) is 7.69. The number of carbonyl (C=O) groups is 1. The number of ether oxygens (including phenoxy) is 1. The maximum absolute atomic E-state index is 12.2. The Morgan fingerprint density at radius 1 is 1.48 bits per heavy atom. The van der Waals surface area contributed by atoms with Crippen LogP contribution in [0.5, 0.6) is 0 Å². The topological polar surface area (TPSA) is 51.2 Å². The van der Waals surface area contributed by atoms with Crippen molar-refractivity contribution in [3.05, 3.63) is 35.7 Å². The molecule has 0 aromatic carbocycles. The molecule has 0 radical (unpaired) electrons. The quantitative estimate of drug-likeness (QED) is 0.758. The zero-order chi connectivity index (χ0) is 15.7. The maximum atomic E-state index is 12.2. The van der Waals surface area contributed by atoms with Crippen LogP contribution in [0.25, 0.3) is 6.08 Å². The minimum atomic E-state index is -0.139.